The van der Waals surface area contributed by atoms with Crippen molar-refractivity contribution >= 4 is 11.6 Å². The van der Waals surface area contributed by atoms with Crippen molar-refractivity contribution in [3.8, 4) is 0 Å². The Morgan fingerprint density at radius 2 is 1.71 bits per heavy atom. The van der Waals surface area contributed by atoms with E-state index in [2.05, 4.69) is 17.9 Å². The summed E-state index contributed by atoms with van der Waals surface area (Å²) in [7, 11) is 0. The number of nitrogens with two attached hydrogens (primary N) is 2. The number of carbonyl (C=O) groups excluding carboxylic acids is 1. The van der Waals surface area contributed by atoms with E-state index in [-0.39, 0.29) is 0 Å². The van der Waals surface area contributed by atoms with E-state index in [0.717, 1.165) is 30.9 Å². The van der Waals surface area contributed by atoms with Crippen LogP contribution in [0.25, 0.3) is 0 Å². The van der Waals surface area contributed by atoms with Crippen LogP contribution in [-0.2, 0) is 13.1 Å². The number of hydrogen-bond donors (Lipinski definition) is 2. The highest BCUT2D eigenvalue weighted by Gasteiger charge is 2.06. The number of carbonyl (C=O) groups is 1. The summed E-state index contributed by atoms with van der Waals surface area (Å²) in [6, 6.07) is 15.4. The van der Waals surface area contributed by atoms with Crippen molar-refractivity contribution in [2.45, 2.75) is 20.0 Å². The molecule has 0 saturated carbocycles. The van der Waals surface area contributed by atoms with Crippen LogP contribution in [0, 0.1) is 0 Å². The molecule has 0 unspecified atom stereocenters. The zero-order valence-corrected chi connectivity index (χ0v) is 12.3. The highest BCUT2D eigenvalue weighted by molar-refractivity contribution is 5.92. The summed E-state index contributed by atoms with van der Waals surface area (Å²) in [4.78, 5) is 13.4. The Kier molecular flexibility index (Phi) is 4.95. The predicted molar refractivity (Wildman–Crippen MR) is 85.6 cm³/mol. The van der Waals surface area contributed by atoms with E-state index in [1.54, 1.807) is 12.1 Å². The first kappa shape index (κ1) is 15.1. The lowest BCUT2D eigenvalue weighted by atomic mass is 10.1. The van der Waals surface area contributed by atoms with Gasteiger partial charge in [-0.05, 0) is 41.9 Å². The predicted octanol–water partition coefficient (Wildman–Crippen LogP) is 2.39. The van der Waals surface area contributed by atoms with Crippen molar-refractivity contribution in [3.63, 3.8) is 0 Å². The SMILES string of the molecule is CCN(Cc1ccc(C(N)=O)cc1)Cc1cccc(N)c1. The largest absolute Gasteiger partial charge is 0.399 e. The molecule has 0 heterocycles. The van der Waals surface area contributed by atoms with Gasteiger partial charge in [0.2, 0.25) is 5.91 Å². The lowest BCUT2D eigenvalue weighted by molar-refractivity contribution is 0.100. The van der Waals surface area contributed by atoms with Crippen LogP contribution >= 0.6 is 0 Å². The molecule has 0 radical (unpaired) electrons. The third kappa shape index (κ3) is 4.33. The maximum atomic E-state index is 11.1. The number of hydrogen-bond acceptors (Lipinski definition) is 3. The minimum Gasteiger partial charge on any atom is -0.399 e. The van der Waals surface area contributed by atoms with Gasteiger partial charge in [0, 0.05) is 24.3 Å². The number of nitrogen functional groups attached to an aromatic ring is 1. The van der Waals surface area contributed by atoms with Gasteiger partial charge in [-0.25, -0.2) is 0 Å². The molecule has 110 valence electrons. The summed E-state index contributed by atoms with van der Waals surface area (Å²) in [5.41, 5.74) is 14.7. The second-order valence-corrected chi connectivity index (χ2v) is 5.11. The molecular weight excluding hydrogens is 262 g/mol. The van der Waals surface area contributed by atoms with Crippen LogP contribution in [-0.4, -0.2) is 17.4 Å². The van der Waals surface area contributed by atoms with Gasteiger partial charge in [-0.3, -0.25) is 9.69 Å². The molecule has 0 spiro atoms. The molecule has 4 N–H and O–H groups in total. The number of nitrogens with zero attached hydrogens (tertiary/aromatic N) is 1. The van der Waals surface area contributed by atoms with Crippen LogP contribution in [0.2, 0.25) is 0 Å². The van der Waals surface area contributed by atoms with Gasteiger partial charge in [0.05, 0.1) is 0 Å². The normalized spacial score (nSPS) is 10.8. The minimum absolute atomic E-state index is 0.395. The zero-order valence-electron chi connectivity index (χ0n) is 12.3. The first-order valence-electron chi connectivity index (χ1n) is 7.04. The number of rotatable bonds is 6. The first-order valence-corrected chi connectivity index (χ1v) is 7.04. The molecule has 1 amide bonds. The summed E-state index contributed by atoms with van der Waals surface area (Å²) in [6.45, 7) is 4.74. The summed E-state index contributed by atoms with van der Waals surface area (Å²) >= 11 is 0. The van der Waals surface area contributed by atoms with E-state index in [4.69, 9.17) is 11.5 Å². The summed E-state index contributed by atoms with van der Waals surface area (Å²) in [5, 5.41) is 0. The molecular formula is C17H21N3O. The van der Waals surface area contributed by atoms with Crippen LogP contribution in [0.5, 0.6) is 0 Å². The molecule has 4 heteroatoms. The van der Waals surface area contributed by atoms with Gasteiger partial charge < -0.3 is 11.5 Å². The van der Waals surface area contributed by atoms with E-state index in [1.165, 1.54) is 5.56 Å². The van der Waals surface area contributed by atoms with Crippen LogP contribution in [0.3, 0.4) is 0 Å². The van der Waals surface area contributed by atoms with Gasteiger partial charge in [0.15, 0.2) is 0 Å². The lowest BCUT2D eigenvalue weighted by Gasteiger charge is -2.21. The Morgan fingerprint density at radius 3 is 2.29 bits per heavy atom. The van der Waals surface area contributed by atoms with Crippen LogP contribution in [0.1, 0.15) is 28.4 Å². The van der Waals surface area contributed by atoms with E-state index in [0.29, 0.717) is 5.56 Å². The number of amides is 1. The fourth-order valence-corrected chi connectivity index (χ4v) is 2.26. The van der Waals surface area contributed by atoms with Crippen molar-refractivity contribution in [1.82, 2.24) is 4.90 Å². The third-order valence-corrected chi connectivity index (χ3v) is 3.45. The van der Waals surface area contributed by atoms with Gasteiger partial charge in [0.25, 0.3) is 0 Å². The average molecular weight is 283 g/mol. The molecule has 0 aliphatic rings. The third-order valence-electron chi connectivity index (χ3n) is 3.45. The molecule has 2 rings (SSSR count). The molecule has 0 aliphatic heterocycles. The Bertz CT molecular complexity index is 608. The second-order valence-electron chi connectivity index (χ2n) is 5.11. The molecule has 2 aromatic rings. The highest BCUT2D eigenvalue weighted by Crippen LogP contribution is 2.13. The van der Waals surface area contributed by atoms with Gasteiger partial charge >= 0.3 is 0 Å². The highest BCUT2D eigenvalue weighted by atomic mass is 16.1. The minimum atomic E-state index is -0.395. The maximum Gasteiger partial charge on any atom is 0.248 e. The van der Waals surface area contributed by atoms with Gasteiger partial charge in [-0.1, -0.05) is 31.2 Å². The van der Waals surface area contributed by atoms with Crippen molar-refractivity contribution in [2.24, 2.45) is 5.73 Å². The molecule has 4 nitrogen and oxygen atoms in total. The van der Waals surface area contributed by atoms with Crippen molar-refractivity contribution in [2.75, 3.05) is 12.3 Å². The topological polar surface area (TPSA) is 72.3 Å². The fraction of sp³-hybridized carbons (Fsp3) is 0.235. The molecule has 0 bridgehead atoms. The maximum absolute atomic E-state index is 11.1. The Labute approximate surface area is 125 Å². The Hall–Kier alpha value is -2.33. The van der Waals surface area contributed by atoms with Crippen LogP contribution < -0.4 is 11.5 Å². The zero-order chi connectivity index (χ0) is 15.2. The quantitative estimate of drug-likeness (QED) is 0.800. The van der Waals surface area contributed by atoms with Crippen molar-refractivity contribution in [3.05, 3.63) is 65.2 Å². The molecule has 0 saturated heterocycles. The molecule has 0 aromatic heterocycles. The van der Waals surface area contributed by atoms with Gasteiger partial charge in [0.1, 0.15) is 0 Å². The van der Waals surface area contributed by atoms with Crippen molar-refractivity contribution < 1.29 is 4.79 Å². The fourth-order valence-electron chi connectivity index (χ4n) is 2.26. The number of benzene rings is 2. The van der Waals surface area contributed by atoms with E-state index >= 15 is 0 Å². The second kappa shape index (κ2) is 6.90. The molecule has 21 heavy (non-hydrogen) atoms. The van der Waals surface area contributed by atoms with Crippen LogP contribution in [0.4, 0.5) is 5.69 Å². The van der Waals surface area contributed by atoms with Gasteiger partial charge in [-0.2, -0.15) is 0 Å². The molecule has 0 fully saturated rings. The summed E-state index contributed by atoms with van der Waals surface area (Å²) < 4.78 is 0. The van der Waals surface area contributed by atoms with Crippen molar-refractivity contribution in [1.29, 1.82) is 0 Å². The molecule has 0 aliphatic carbocycles. The van der Waals surface area contributed by atoms with E-state index in [1.807, 2.05) is 30.3 Å². The lowest BCUT2D eigenvalue weighted by Crippen LogP contribution is -2.22. The summed E-state index contributed by atoms with van der Waals surface area (Å²) in [6.07, 6.45) is 0. The first-order chi connectivity index (χ1) is 10.1. The smallest absolute Gasteiger partial charge is 0.248 e. The standard InChI is InChI=1S/C17H21N3O/c1-2-20(12-14-4-3-5-16(18)10-14)11-13-6-8-15(9-7-13)17(19)21/h3-10H,2,11-12,18H2,1H3,(H2,19,21). The summed E-state index contributed by atoms with van der Waals surface area (Å²) in [5.74, 6) is -0.395. The Morgan fingerprint density at radius 1 is 1.05 bits per heavy atom. The number of primary amides is 1. The van der Waals surface area contributed by atoms with Gasteiger partial charge in [-0.15, -0.1) is 0 Å². The number of anilines is 1. The van der Waals surface area contributed by atoms with Crippen LogP contribution in [0.15, 0.2) is 48.5 Å². The Balaban J connectivity index is 2.03. The van der Waals surface area contributed by atoms with E-state index in [9.17, 15) is 4.79 Å². The molecule has 2 aromatic carbocycles. The van der Waals surface area contributed by atoms with E-state index < -0.39 is 5.91 Å². The average Bonchev–Trinajstić information content (AvgIpc) is 2.47. The molecule has 0 atom stereocenters. The monoisotopic (exact) mass is 283 g/mol.